The molecule has 176 valence electrons. The maximum atomic E-state index is 12.9. The molecule has 4 rings (SSSR count). The highest BCUT2D eigenvalue weighted by Gasteiger charge is 2.22. The highest BCUT2D eigenvalue weighted by molar-refractivity contribution is 5.88. The van der Waals surface area contributed by atoms with Gasteiger partial charge in [-0.3, -0.25) is 4.79 Å². The highest BCUT2D eigenvalue weighted by Crippen LogP contribution is 2.35. The molecule has 1 heterocycles. The molecule has 4 heteroatoms. The van der Waals surface area contributed by atoms with Crippen LogP contribution in [0.1, 0.15) is 55.4 Å². The number of hydrogen-bond acceptors (Lipinski definition) is 2. The van der Waals surface area contributed by atoms with Gasteiger partial charge in [0.1, 0.15) is 12.4 Å². The van der Waals surface area contributed by atoms with Crippen molar-refractivity contribution >= 4 is 16.8 Å². The van der Waals surface area contributed by atoms with Crippen molar-refractivity contribution in [1.82, 2.24) is 10.3 Å². The van der Waals surface area contributed by atoms with Gasteiger partial charge in [0.25, 0.3) is 0 Å². The van der Waals surface area contributed by atoms with Crippen LogP contribution in [0.3, 0.4) is 0 Å². The van der Waals surface area contributed by atoms with Gasteiger partial charge >= 0.3 is 0 Å². The van der Waals surface area contributed by atoms with E-state index in [9.17, 15) is 4.79 Å². The summed E-state index contributed by atoms with van der Waals surface area (Å²) in [6, 6.07) is 24.7. The lowest BCUT2D eigenvalue weighted by molar-refractivity contribution is -0.121. The lowest BCUT2D eigenvalue weighted by Crippen LogP contribution is -2.28. The number of amides is 1. The third-order valence-corrected chi connectivity index (χ3v) is 6.22. The first kappa shape index (κ1) is 23.6. The maximum absolute atomic E-state index is 12.9. The lowest BCUT2D eigenvalue weighted by Gasteiger charge is -2.18. The molecule has 0 fully saturated rings. The third-order valence-electron chi connectivity index (χ3n) is 6.22. The van der Waals surface area contributed by atoms with E-state index in [0.717, 1.165) is 34.4 Å². The standard InChI is InChI=1S/C30H34N2O2/c1-4-23-11-8-12-26-28(19-32-30(23)26)27(17-29(33)31-18-21(2)3)24-13-15-25(16-14-24)34-20-22-9-6-5-7-10-22/h5-16,19,21,27,32H,4,17-18,20H2,1-3H3,(H,31,33)/t27-/m1/s1. The molecule has 4 aromatic rings. The van der Waals surface area contributed by atoms with E-state index in [-0.39, 0.29) is 11.8 Å². The van der Waals surface area contributed by atoms with Crippen molar-refractivity contribution in [2.75, 3.05) is 6.54 Å². The molecule has 1 atom stereocenters. The molecule has 0 radical (unpaired) electrons. The molecule has 0 saturated heterocycles. The van der Waals surface area contributed by atoms with Crippen molar-refractivity contribution in [3.63, 3.8) is 0 Å². The largest absolute Gasteiger partial charge is 0.489 e. The number of aromatic nitrogens is 1. The van der Waals surface area contributed by atoms with Crippen LogP contribution in [-0.2, 0) is 17.8 Å². The Kier molecular flexibility index (Phi) is 7.69. The molecule has 1 aromatic heterocycles. The molecular weight excluding hydrogens is 420 g/mol. The summed E-state index contributed by atoms with van der Waals surface area (Å²) in [5.74, 6) is 1.27. The van der Waals surface area contributed by atoms with Crippen LogP contribution in [0.15, 0.2) is 79.0 Å². The number of para-hydroxylation sites is 1. The molecule has 0 aliphatic carbocycles. The van der Waals surface area contributed by atoms with Crippen LogP contribution in [0.5, 0.6) is 5.75 Å². The monoisotopic (exact) mass is 454 g/mol. The smallest absolute Gasteiger partial charge is 0.220 e. The molecule has 0 unspecified atom stereocenters. The number of ether oxygens (including phenoxy) is 1. The van der Waals surface area contributed by atoms with E-state index in [1.807, 2.05) is 30.3 Å². The minimum absolute atomic E-state index is 0.0452. The molecule has 34 heavy (non-hydrogen) atoms. The van der Waals surface area contributed by atoms with Crippen LogP contribution in [-0.4, -0.2) is 17.4 Å². The SMILES string of the molecule is CCc1cccc2c([C@H](CC(=O)NCC(C)C)c3ccc(OCc4ccccc4)cc3)c[nH]c12. The molecule has 1 amide bonds. The molecular formula is C30H34N2O2. The fourth-order valence-electron chi connectivity index (χ4n) is 4.34. The summed E-state index contributed by atoms with van der Waals surface area (Å²) in [6.07, 6.45) is 3.44. The van der Waals surface area contributed by atoms with Gasteiger partial charge in [0.05, 0.1) is 0 Å². The van der Waals surface area contributed by atoms with Gasteiger partial charge in [-0.1, -0.05) is 81.4 Å². The van der Waals surface area contributed by atoms with E-state index in [2.05, 4.69) is 79.7 Å². The number of aromatic amines is 1. The topological polar surface area (TPSA) is 54.1 Å². The van der Waals surface area contributed by atoms with Crippen LogP contribution in [0.2, 0.25) is 0 Å². The summed E-state index contributed by atoms with van der Waals surface area (Å²) in [5, 5.41) is 4.28. The molecule has 0 aliphatic heterocycles. The Morgan fingerprint density at radius 1 is 0.971 bits per heavy atom. The zero-order chi connectivity index (χ0) is 23.9. The van der Waals surface area contributed by atoms with Crippen molar-refractivity contribution in [1.29, 1.82) is 0 Å². The number of fused-ring (bicyclic) bond motifs is 1. The minimum Gasteiger partial charge on any atom is -0.489 e. The maximum Gasteiger partial charge on any atom is 0.220 e. The second-order valence-electron chi connectivity index (χ2n) is 9.24. The Bertz CT molecular complexity index is 1210. The summed E-state index contributed by atoms with van der Waals surface area (Å²) >= 11 is 0. The van der Waals surface area contributed by atoms with Crippen molar-refractivity contribution in [3.05, 3.63) is 101 Å². The number of aryl methyl sites for hydroxylation is 1. The van der Waals surface area contributed by atoms with Crippen molar-refractivity contribution in [2.45, 2.75) is 46.1 Å². The van der Waals surface area contributed by atoms with Gasteiger partial charge in [-0.2, -0.15) is 0 Å². The number of rotatable bonds is 10. The zero-order valence-electron chi connectivity index (χ0n) is 20.3. The lowest BCUT2D eigenvalue weighted by atomic mass is 9.87. The van der Waals surface area contributed by atoms with Crippen LogP contribution in [0.4, 0.5) is 0 Å². The third kappa shape index (κ3) is 5.69. The van der Waals surface area contributed by atoms with Gasteiger partial charge < -0.3 is 15.0 Å². The fraction of sp³-hybridized carbons (Fsp3) is 0.300. The number of nitrogens with one attached hydrogen (secondary N) is 2. The summed E-state index contributed by atoms with van der Waals surface area (Å²) in [7, 11) is 0. The molecule has 2 N–H and O–H groups in total. The quantitative estimate of drug-likeness (QED) is 0.283. The second-order valence-corrected chi connectivity index (χ2v) is 9.24. The summed E-state index contributed by atoms with van der Waals surface area (Å²) in [4.78, 5) is 16.3. The Morgan fingerprint density at radius 3 is 2.44 bits per heavy atom. The molecule has 0 aliphatic rings. The Hall–Kier alpha value is -3.53. The Labute approximate surface area is 202 Å². The predicted molar refractivity (Wildman–Crippen MR) is 139 cm³/mol. The van der Waals surface area contributed by atoms with Crippen molar-refractivity contribution < 1.29 is 9.53 Å². The first-order chi connectivity index (χ1) is 16.5. The summed E-state index contributed by atoms with van der Waals surface area (Å²) < 4.78 is 5.98. The van der Waals surface area contributed by atoms with E-state index in [4.69, 9.17) is 4.74 Å². The fourth-order valence-corrected chi connectivity index (χ4v) is 4.34. The van der Waals surface area contributed by atoms with Crippen molar-refractivity contribution in [3.8, 4) is 5.75 Å². The van der Waals surface area contributed by atoms with Gasteiger partial charge in [0.15, 0.2) is 0 Å². The number of hydrogen-bond donors (Lipinski definition) is 2. The van der Waals surface area contributed by atoms with E-state index in [0.29, 0.717) is 25.5 Å². The number of carbonyl (C=O) groups is 1. The summed E-state index contributed by atoms with van der Waals surface area (Å²) in [6.45, 7) is 7.60. The van der Waals surface area contributed by atoms with Gasteiger partial charge in [0.2, 0.25) is 5.91 Å². The minimum atomic E-state index is -0.0452. The van der Waals surface area contributed by atoms with E-state index in [1.54, 1.807) is 0 Å². The molecule has 0 spiro atoms. The number of benzene rings is 3. The Morgan fingerprint density at radius 2 is 1.74 bits per heavy atom. The van der Waals surface area contributed by atoms with Gasteiger partial charge in [-0.15, -0.1) is 0 Å². The molecule has 0 bridgehead atoms. The average molecular weight is 455 g/mol. The first-order valence-electron chi connectivity index (χ1n) is 12.2. The van der Waals surface area contributed by atoms with Crippen LogP contribution >= 0.6 is 0 Å². The van der Waals surface area contributed by atoms with Crippen LogP contribution in [0, 0.1) is 5.92 Å². The molecule has 0 saturated carbocycles. The summed E-state index contributed by atoms with van der Waals surface area (Å²) in [5.41, 5.74) is 5.85. The Balaban J connectivity index is 1.60. The first-order valence-corrected chi connectivity index (χ1v) is 12.2. The van der Waals surface area contributed by atoms with Crippen LogP contribution < -0.4 is 10.1 Å². The van der Waals surface area contributed by atoms with Gasteiger partial charge in [0, 0.05) is 36.0 Å². The zero-order valence-corrected chi connectivity index (χ0v) is 20.3. The van der Waals surface area contributed by atoms with Gasteiger partial charge in [-0.05, 0) is 46.7 Å². The van der Waals surface area contributed by atoms with E-state index < -0.39 is 0 Å². The van der Waals surface area contributed by atoms with Crippen molar-refractivity contribution in [2.24, 2.45) is 5.92 Å². The average Bonchev–Trinajstić information content (AvgIpc) is 3.30. The predicted octanol–water partition coefficient (Wildman–Crippen LogP) is 6.60. The highest BCUT2D eigenvalue weighted by atomic mass is 16.5. The molecule has 3 aromatic carbocycles. The van der Waals surface area contributed by atoms with Gasteiger partial charge in [-0.25, -0.2) is 0 Å². The normalized spacial score (nSPS) is 12.1. The molecule has 4 nitrogen and oxygen atoms in total. The van der Waals surface area contributed by atoms with E-state index in [1.165, 1.54) is 10.9 Å². The number of H-pyrrole nitrogens is 1. The van der Waals surface area contributed by atoms with E-state index >= 15 is 0 Å². The second kappa shape index (κ2) is 11.1. The van der Waals surface area contributed by atoms with Crippen LogP contribution in [0.25, 0.3) is 10.9 Å². The number of carbonyl (C=O) groups excluding carboxylic acids is 1.